The van der Waals surface area contributed by atoms with Crippen LogP contribution in [-0.4, -0.2) is 5.91 Å². The summed E-state index contributed by atoms with van der Waals surface area (Å²) in [6, 6.07) is 4.73. The van der Waals surface area contributed by atoms with Crippen LogP contribution in [0.15, 0.2) is 22.7 Å². The highest BCUT2D eigenvalue weighted by Gasteiger charge is 2.24. The van der Waals surface area contributed by atoms with Crippen LogP contribution in [0.1, 0.15) is 25.8 Å². The van der Waals surface area contributed by atoms with E-state index in [1.807, 2.05) is 13.8 Å². The van der Waals surface area contributed by atoms with Crippen LogP contribution in [0.5, 0.6) is 0 Å². The van der Waals surface area contributed by atoms with Gasteiger partial charge in [-0.15, -0.1) is 0 Å². The first kappa shape index (κ1) is 13.1. The second-order valence-electron chi connectivity index (χ2n) is 4.26. The number of halogens is 2. The lowest BCUT2D eigenvalue weighted by Crippen LogP contribution is -2.35. The summed E-state index contributed by atoms with van der Waals surface area (Å²) >= 11 is 3.12. The molecule has 0 heterocycles. The molecule has 1 aromatic rings. The maximum atomic E-state index is 13.1. The summed E-state index contributed by atoms with van der Waals surface area (Å²) in [6.45, 7) is 3.81. The Balaban J connectivity index is 2.97. The molecule has 1 rings (SSSR count). The number of benzene rings is 1. The Morgan fingerprint density at radius 1 is 1.56 bits per heavy atom. The summed E-state index contributed by atoms with van der Waals surface area (Å²) < 4.78 is 13.5. The summed E-state index contributed by atoms with van der Waals surface area (Å²) in [5.74, 6) is 4.48. The molecule has 0 unspecified atom stereocenters. The molecule has 5 heteroatoms. The van der Waals surface area contributed by atoms with Crippen LogP contribution in [0.3, 0.4) is 0 Å². The molecule has 0 aliphatic rings. The fourth-order valence-corrected chi connectivity index (χ4v) is 1.85. The molecule has 16 heavy (non-hydrogen) atoms. The molecule has 3 nitrogen and oxygen atoms in total. The Bertz CT molecular complexity index is 407. The lowest BCUT2D eigenvalue weighted by atomic mass is 9.81. The Morgan fingerprint density at radius 3 is 2.69 bits per heavy atom. The third-order valence-corrected chi connectivity index (χ3v) is 3.07. The van der Waals surface area contributed by atoms with Crippen molar-refractivity contribution in [3.8, 4) is 0 Å². The van der Waals surface area contributed by atoms with Gasteiger partial charge in [0.15, 0.2) is 0 Å². The zero-order valence-corrected chi connectivity index (χ0v) is 10.8. The minimum atomic E-state index is -0.389. The van der Waals surface area contributed by atoms with Crippen LogP contribution < -0.4 is 11.3 Å². The summed E-state index contributed by atoms with van der Waals surface area (Å²) in [7, 11) is 0. The Labute approximate surface area is 102 Å². The molecular formula is C11H14BrFN2O. The molecule has 0 radical (unpaired) electrons. The largest absolute Gasteiger partial charge is 0.294 e. The molecule has 1 amide bonds. The third-order valence-electron chi connectivity index (χ3n) is 2.46. The van der Waals surface area contributed by atoms with E-state index in [1.54, 1.807) is 12.1 Å². The van der Waals surface area contributed by atoms with E-state index in [1.165, 1.54) is 6.07 Å². The molecular weight excluding hydrogens is 275 g/mol. The number of hydrogen-bond acceptors (Lipinski definition) is 2. The fraction of sp³-hybridized carbons (Fsp3) is 0.364. The van der Waals surface area contributed by atoms with E-state index in [2.05, 4.69) is 21.4 Å². The van der Waals surface area contributed by atoms with Gasteiger partial charge in [-0.1, -0.05) is 19.9 Å². The zero-order chi connectivity index (χ0) is 12.3. The molecule has 0 spiro atoms. The van der Waals surface area contributed by atoms with E-state index in [9.17, 15) is 9.18 Å². The van der Waals surface area contributed by atoms with Crippen molar-refractivity contribution in [2.75, 3.05) is 0 Å². The molecule has 0 aliphatic heterocycles. The van der Waals surface area contributed by atoms with E-state index in [-0.39, 0.29) is 23.6 Å². The molecule has 0 saturated heterocycles. The molecule has 0 aromatic heterocycles. The van der Waals surface area contributed by atoms with E-state index in [0.29, 0.717) is 4.47 Å². The molecule has 1 aromatic carbocycles. The number of hydrazine groups is 1. The maximum absolute atomic E-state index is 13.1. The summed E-state index contributed by atoms with van der Waals surface area (Å²) in [6.07, 6.45) is 0.252. The van der Waals surface area contributed by atoms with Crippen molar-refractivity contribution in [1.82, 2.24) is 5.43 Å². The van der Waals surface area contributed by atoms with E-state index in [4.69, 9.17) is 5.84 Å². The van der Waals surface area contributed by atoms with Crippen LogP contribution >= 0.6 is 15.9 Å². The first-order valence-electron chi connectivity index (χ1n) is 4.82. The van der Waals surface area contributed by atoms with Gasteiger partial charge in [-0.25, -0.2) is 10.2 Å². The Hall–Kier alpha value is -0.940. The number of rotatable bonds is 3. The minimum Gasteiger partial charge on any atom is -0.294 e. The molecule has 0 saturated carbocycles. The van der Waals surface area contributed by atoms with Gasteiger partial charge in [-0.2, -0.15) is 0 Å². The van der Waals surface area contributed by atoms with Crippen LogP contribution in [0, 0.1) is 5.82 Å². The van der Waals surface area contributed by atoms with Gasteiger partial charge in [0.25, 0.3) is 0 Å². The van der Waals surface area contributed by atoms with Crippen molar-refractivity contribution in [2.45, 2.75) is 25.7 Å². The number of carbonyl (C=O) groups excluding carboxylic acids is 1. The van der Waals surface area contributed by atoms with Gasteiger partial charge in [-0.3, -0.25) is 10.2 Å². The lowest BCUT2D eigenvalue weighted by molar-refractivity contribution is -0.122. The first-order chi connectivity index (χ1) is 7.36. The second kappa shape index (κ2) is 4.93. The Morgan fingerprint density at radius 2 is 2.19 bits per heavy atom. The number of nitrogens with one attached hydrogen (secondary N) is 1. The normalized spacial score (nSPS) is 11.3. The van der Waals surface area contributed by atoms with Crippen molar-refractivity contribution in [2.24, 2.45) is 5.84 Å². The Kier molecular flexibility index (Phi) is 4.04. The number of amides is 1. The van der Waals surface area contributed by atoms with E-state index >= 15 is 0 Å². The van der Waals surface area contributed by atoms with Crippen LogP contribution in [0.4, 0.5) is 4.39 Å². The number of nitrogens with two attached hydrogens (primary N) is 1. The summed E-state index contributed by atoms with van der Waals surface area (Å²) in [5.41, 5.74) is 2.58. The maximum Gasteiger partial charge on any atom is 0.234 e. The zero-order valence-electron chi connectivity index (χ0n) is 9.18. The molecule has 0 fully saturated rings. The van der Waals surface area contributed by atoms with Crippen molar-refractivity contribution in [3.05, 3.63) is 34.1 Å². The predicted molar refractivity (Wildman–Crippen MR) is 64.1 cm³/mol. The van der Waals surface area contributed by atoms with Crippen molar-refractivity contribution in [1.29, 1.82) is 0 Å². The van der Waals surface area contributed by atoms with Gasteiger partial charge in [0.05, 0.1) is 4.47 Å². The highest BCUT2D eigenvalue weighted by molar-refractivity contribution is 9.10. The third kappa shape index (κ3) is 3.02. The van der Waals surface area contributed by atoms with Crippen molar-refractivity contribution in [3.63, 3.8) is 0 Å². The average molecular weight is 289 g/mol. The van der Waals surface area contributed by atoms with Gasteiger partial charge >= 0.3 is 0 Å². The highest BCUT2D eigenvalue weighted by atomic mass is 79.9. The fourth-order valence-electron chi connectivity index (χ4n) is 1.47. The van der Waals surface area contributed by atoms with Crippen LogP contribution in [0.25, 0.3) is 0 Å². The van der Waals surface area contributed by atoms with Crippen LogP contribution in [-0.2, 0) is 10.2 Å². The second-order valence-corrected chi connectivity index (χ2v) is 5.11. The van der Waals surface area contributed by atoms with Crippen molar-refractivity contribution >= 4 is 21.8 Å². The van der Waals surface area contributed by atoms with Gasteiger partial charge in [0.1, 0.15) is 5.82 Å². The molecule has 0 aliphatic carbocycles. The van der Waals surface area contributed by atoms with Gasteiger partial charge in [0.2, 0.25) is 5.91 Å². The summed E-state index contributed by atoms with van der Waals surface area (Å²) in [5, 5.41) is 0. The monoisotopic (exact) mass is 288 g/mol. The standard InChI is InChI=1S/C11H14BrFN2O/c1-11(2,6-10(16)15-14)7-3-4-9(13)8(12)5-7/h3-5H,6,14H2,1-2H3,(H,15,16). The lowest BCUT2D eigenvalue weighted by Gasteiger charge is -2.24. The quantitative estimate of drug-likeness (QED) is 0.509. The van der Waals surface area contributed by atoms with Crippen molar-refractivity contribution < 1.29 is 9.18 Å². The molecule has 0 atom stereocenters. The molecule has 88 valence electrons. The molecule has 3 N–H and O–H groups in total. The topological polar surface area (TPSA) is 55.1 Å². The SMILES string of the molecule is CC(C)(CC(=O)NN)c1ccc(F)c(Br)c1. The molecule has 0 bridgehead atoms. The smallest absolute Gasteiger partial charge is 0.234 e. The van der Waals surface area contributed by atoms with Gasteiger partial charge in [0, 0.05) is 6.42 Å². The predicted octanol–water partition coefficient (Wildman–Crippen LogP) is 2.25. The summed E-state index contributed by atoms with van der Waals surface area (Å²) in [4.78, 5) is 11.2. The van der Waals surface area contributed by atoms with Crippen LogP contribution in [0.2, 0.25) is 0 Å². The minimum absolute atomic E-state index is 0.245. The number of hydrogen-bond donors (Lipinski definition) is 2. The van der Waals surface area contributed by atoms with E-state index in [0.717, 1.165) is 5.56 Å². The number of carbonyl (C=O) groups is 1. The first-order valence-corrected chi connectivity index (χ1v) is 5.61. The highest BCUT2D eigenvalue weighted by Crippen LogP contribution is 2.29. The van der Waals surface area contributed by atoms with E-state index < -0.39 is 0 Å². The van der Waals surface area contributed by atoms with Gasteiger partial charge < -0.3 is 0 Å². The van der Waals surface area contributed by atoms with Gasteiger partial charge in [-0.05, 0) is 39.0 Å². The average Bonchev–Trinajstić information content (AvgIpc) is 2.21.